The van der Waals surface area contributed by atoms with Gasteiger partial charge in [0.05, 0.1) is 5.75 Å². The molecule has 0 fully saturated rings. The van der Waals surface area contributed by atoms with Crippen LogP contribution in [0.2, 0.25) is 0 Å². The Bertz CT molecular complexity index is 240. The van der Waals surface area contributed by atoms with Crippen LogP contribution in [-0.2, 0) is 10.0 Å². The smallest absolute Gasteiger partial charge is 0.213 e. The van der Waals surface area contributed by atoms with Crippen LogP contribution in [0, 0.1) is 0 Å². The molecule has 0 saturated heterocycles. The fourth-order valence-electron chi connectivity index (χ4n) is 1.23. The van der Waals surface area contributed by atoms with Gasteiger partial charge in [0.25, 0.3) is 0 Å². The van der Waals surface area contributed by atoms with Crippen LogP contribution < -0.4 is 5.32 Å². The van der Waals surface area contributed by atoms with E-state index in [0.717, 1.165) is 25.9 Å². The fourth-order valence-corrected chi connectivity index (χ4v) is 2.46. The lowest BCUT2D eigenvalue weighted by molar-refractivity contribution is 0.457. The summed E-state index contributed by atoms with van der Waals surface area (Å²) < 4.78 is 24.9. The van der Waals surface area contributed by atoms with Crippen molar-refractivity contribution in [2.75, 3.05) is 32.4 Å². The maximum absolute atomic E-state index is 11.7. The topological polar surface area (TPSA) is 49.4 Å². The summed E-state index contributed by atoms with van der Waals surface area (Å²) >= 11 is 0. The van der Waals surface area contributed by atoms with Crippen molar-refractivity contribution in [3.8, 4) is 0 Å². The summed E-state index contributed by atoms with van der Waals surface area (Å²) in [5.74, 6) is 0.250. The lowest BCUT2D eigenvalue weighted by Crippen LogP contribution is -2.31. The highest BCUT2D eigenvalue weighted by Gasteiger charge is 2.15. The van der Waals surface area contributed by atoms with E-state index in [9.17, 15) is 8.42 Å². The summed E-state index contributed by atoms with van der Waals surface area (Å²) in [4.78, 5) is 0. The second-order valence-corrected chi connectivity index (χ2v) is 5.89. The molecular formula is C10H24N2O2S. The van der Waals surface area contributed by atoms with Crippen LogP contribution in [0.25, 0.3) is 0 Å². The van der Waals surface area contributed by atoms with Gasteiger partial charge >= 0.3 is 0 Å². The third-order valence-corrected chi connectivity index (χ3v) is 4.24. The van der Waals surface area contributed by atoms with Gasteiger partial charge in [0.2, 0.25) is 10.0 Å². The summed E-state index contributed by atoms with van der Waals surface area (Å²) in [6.45, 7) is 6.39. The zero-order valence-corrected chi connectivity index (χ0v) is 10.9. The van der Waals surface area contributed by atoms with E-state index < -0.39 is 10.0 Å². The number of sulfonamides is 1. The highest BCUT2D eigenvalue weighted by Crippen LogP contribution is 2.02. The van der Waals surface area contributed by atoms with Crippen LogP contribution in [0.4, 0.5) is 0 Å². The molecule has 0 radical (unpaired) electrons. The number of hydrogen-bond acceptors (Lipinski definition) is 3. The van der Waals surface area contributed by atoms with Crippen LogP contribution >= 0.6 is 0 Å². The van der Waals surface area contributed by atoms with E-state index in [0.29, 0.717) is 13.0 Å². The summed E-state index contributed by atoms with van der Waals surface area (Å²) in [6.07, 6.45) is 2.65. The van der Waals surface area contributed by atoms with Gasteiger partial charge in [-0.15, -0.1) is 0 Å². The maximum Gasteiger partial charge on any atom is 0.213 e. The van der Waals surface area contributed by atoms with Crippen LogP contribution in [0.5, 0.6) is 0 Å². The van der Waals surface area contributed by atoms with Crippen LogP contribution in [-0.4, -0.2) is 45.2 Å². The first-order valence-electron chi connectivity index (χ1n) is 5.69. The second-order valence-electron chi connectivity index (χ2n) is 3.70. The van der Waals surface area contributed by atoms with E-state index in [-0.39, 0.29) is 5.75 Å². The minimum absolute atomic E-state index is 0.250. The minimum atomic E-state index is -3.02. The van der Waals surface area contributed by atoms with Gasteiger partial charge in [0.1, 0.15) is 0 Å². The predicted octanol–water partition coefficient (Wildman–Crippen LogP) is 1.05. The van der Waals surface area contributed by atoms with Gasteiger partial charge < -0.3 is 5.32 Å². The molecule has 0 bridgehead atoms. The van der Waals surface area contributed by atoms with Crippen LogP contribution in [0.3, 0.4) is 0 Å². The van der Waals surface area contributed by atoms with E-state index >= 15 is 0 Å². The molecule has 92 valence electrons. The SMILES string of the molecule is CCCCN(C)S(=O)(=O)CCCNCC. The molecule has 0 rings (SSSR count). The third-order valence-electron chi connectivity index (χ3n) is 2.31. The Morgan fingerprint density at radius 3 is 2.40 bits per heavy atom. The molecule has 0 aliphatic carbocycles. The Morgan fingerprint density at radius 2 is 1.87 bits per heavy atom. The molecule has 0 aromatic heterocycles. The Hall–Kier alpha value is -0.130. The van der Waals surface area contributed by atoms with Crippen molar-refractivity contribution in [1.82, 2.24) is 9.62 Å². The Balaban J connectivity index is 3.84. The van der Waals surface area contributed by atoms with Crippen molar-refractivity contribution in [3.05, 3.63) is 0 Å². The average Bonchev–Trinajstić information content (AvgIpc) is 2.21. The quantitative estimate of drug-likeness (QED) is 0.609. The van der Waals surface area contributed by atoms with Crippen molar-refractivity contribution in [1.29, 1.82) is 0 Å². The van der Waals surface area contributed by atoms with Gasteiger partial charge in [0, 0.05) is 13.6 Å². The lowest BCUT2D eigenvalue weighted by Gasteiger charge is -2.16. The molecule has 0 heterocycles. The van der Waals surface area contributed by atoms with E-state index in [4.69, 9.17) is 0 Å². The zero-order valence-electron chi connectivity index (χ0n) is 10.1. The summed E-state index contributed by atoms with van der Waals surface area (Å²) in [5.41, 5.74) is 0. The van der Waals surface area contributed by atoms with Gasteiger partial charge in [-0.1, -0.05) is 20.3 Å². The molecule has 0 spiro atoms. The lowest BCUT2D eigenvalue weighted by atomic mass is 10.3. The van der Waals surface area contributed by atoms with Gasteiger partial charge in [-0.2, -0.15) is 0 Å². The van der Waals surface area contributed by atoms with E-state index in [1.54, 1.807) is 7.05 Å². The molecule has 0 aromatic rings. The molecule has 15 heavy (non-hydrogen) atoms. The van der Waals surface area contributed by atoms with Crippen LogP contribution in [0.15, 0.2) is 0 Å². The van der Waals surface area contributed by atoms with Crippen molar-refractivity contribution in [2.24, 2.45) is 0 Å². The molecule has 0 aliphatic heterocycles. The maximum atomic E-state index is 11.7. The van der Waals surface area contributed by atoms with Crippen LogP contribution in [0.1, 0.15) is 33.1 Å². The van der Waals surface area contributed by atoms with Crippen molar-refractivity contribution >= 4 is 10.0 Å². The van der Waals surface area contributed by atoms with E-state index in [1.807, 2.05) is 6.92 Å². The van der Waals surface area contributed by atoms with Gasteiger partial charge in [-0.25, -0.2) is 12.7 Å². The molecule has 0 atom stereocenters. The van der Waals surface area contributed by atoms with Gasteiger partial charge in [-0.3, -0.25) is 0 Å². The zero-order chi connectivity index (χ0) is 11.7. The molecule has 0 saturated carbocycles. The summed E-state index contributed by atoms with van der Waals surface area (Å²) in [5, 5.41) is 3.12. The van der Waals surface area contributed by atoms with Crippen molar-refractivity contribution < 1.29 is 8.42 Å². The Labute approximate surface area is 94.1 Å². The number of nitrogens with one attached hydrogen (secondary N) is 1. The third kappa shape index (κ3) is 6.87. The van der Waals surface area contributed by atoms with E-state index in [1.165, 1.54) is 4.31 Å². The monoisotopic (exact) mass is 236 g/mol. The standard InChI is InChI=1S/C10H24N2O2S/c1-4-6-9-12(3)15(13,14)10-7-8-11-5-2/h11H,4-10H2,1-3H3. The van der Waals surface area contributed by atoms with Crippen molar-refractivity contribution in [3.63, 3.8) is 0 Å². The highest BCUT2D eigenvalue weighted by atomic mass is 32.2. The second kappa shape index (κ2) is 8.07. The number of hydrogen-bond donors (Lipinski definition) is 1. The number of unbranched alkanes of at least 4 members (excludes halogenated alkanes) is 1. The fraction of sp³-hybridized carbons (Fsp3) is 1.00. The molecular weight excluding hydrogens is 212 g/mol. The molecule has 0 aromatic carbocycles. The summed E-state index contributed by atoms with van der Waals surface area (Å²) in [7, 11) is -1.35. The number of rotatable bonds is 9. The first-order chi connectivity index (χ1) is 7.04. The Kier molecular flexibility index (Phi) is 8.00. The first-order valence-corrected chi connectivity index (χ1v) is 7.30. The molecule has 0 unspecified atom stereocenters. The normalized spacial score (nSPS) is 12.3. The minimum Gasteiger partial charge on any atom is -0.317 e. The summed E-state index contributed by atoms with van der Waals surface area (Å²) in [6, 6.07) is 0. The van der Waals surface area contributed by atoms with E-state index in [2.05, 4.69) is 12.2 Å². The average molecular weight is 236 g/mol. The molecule has 1 N–H and O–H groups in total. The predicted molar refractivity (Wildman–Crippen MR) is 64.5 cm³/mol. The molecule has 0 amide bonds. The largest absolute Gasteiger partial charge is 0.317 e. The number of nitrogens with zero attached hydrogens (tertiary/aromatic N) is 1. The highest BCUT2D eigenvalue weighted by molar-refractivity contribution is 7.89. The van der Waals surface area contributed by atoms with Gasteiger partial charge in [-0.05, 0) is 25.9 Å². The molecule has 5 heteroatoms. The molecule has 4 nitrogen and oxygen atoms in total. The Morgan fingerprint density at radius 1 is 1.20 bits per heavy atom. The molecule has 0 aliphatic rings. The van der Waals surface area contributed by atoms with Gasteiger partial charge in [0.15, 0.2) is 0 Å². The van der Waals surface area contributed by atoms with Crippen molar-refractivity contribution in [2.45, 2.75) is 33.1 Å². The first kappa shape index (κ1) is 14.9.